The zero-order valence-electron chi connectivity index (χ0n) is 16.1. The number of aliphatic hydroxyl groups is 1. The average molecular weight is 375 g/mol. The summed E-state index contributed by atoms with van der Waals surface area (Å²) in [5, 5.41) is 13.9. The summed E-state index contributed by atoms with van der Waals surface area (Å²) in [6, 6.07) is 24.5. The van der Waals surface area contributed by atoms with Gasteiger partial charge in [0, 0.05) is 5.69 Å². The van der Waals surface area contributed by atoms with Gasteiger partial charge in [-0.3, -0.25) is 4.79 Å². The zero-order valence-corrected chi connectivity index (χ0v) is 16.1. The molecule has 3 aromatic rings. The summed E-state index contributed by atoms with van der Waals surface area (Å²) < 4.78 is 5.18. The molecule has 0 aliphatic rings. The Morgan fingerprint density at radius 2 is 1.61 bits per heavy atom. The standard InChI is InChI=1S/C24H25NO3/c1-17-8-12-20(13-9-17)25-24(27)22(16-18-6-4-3-5-7-18)23(26)19-10-14-21(28-2)15-11-19/h3-15,22-23,26H,16H2,1-2H3,(H,25,27). The van der Waals surface area contributed by atoms with Crippen LogP contribution in [0.1, 0.15) is 22.8 Å². The Bertz CT molecular complexity index is 889. The molecule has 0 aromatic heterocycles. The van der Waals surface area contributed by atoms with Gasteiger partial charge in [-0.15, -0.1) is 0 Å². The number of hydrogen-bond donors (Lipinski definition) is 2. The number of benzene rings is 3. The van der Waals surface area contributed by atoms with E-state index in [9.17, 15) is 9.90 Å². The van der Waals surface area contributed by atoms with Crippen molar-refractivity contribution in [3.8, 4) is 5.75 Å². The van der Waals surface area contributed by atoms with Gasteiger partial charge in [0.15, 0.2) is 0 Å². The van der Waals surface area contributed by atoms with Crippen LogP contribution in [0.2, 0.25) is 0 Å². The van der Waals surface area contributed by atoms with Crippen LogP contribution in [-0.4, -0.2) is 18.1 Å². The highest BCUT2D eigenvalue weighted by Gasteiger charge is 2.28. The van der Waals surface area contributed by atoms with Gasteiger partial charge in [0.25, 0.3) is 0 Å². The first-order chi connectivity index (χ1) is 13.6. The maximum absolute atomic E-state index is 13.0. The van der Waals surface area contributed by atoms with Crippen molar-refractivity contribution in [3.05, 3.63) is 95.6 Å². The Hall–Kier alpha value is -3.11. The highest BCUT2D eigenvalue weighted by atomic mass is 16.5. The summed E-state index contributed by atoms with van der Waals surface area (Å²) in [7, 11) is 1.60. The number of aryl methyl sites for hydroxylation is 1. The van der Waals surface area contributed by atoms with Crippen LogP contribution in [0.25, 0.3) is 0 Å². The summed E-state index contributed by atoms with van der Waals surface area (Å²) in [6.45, 7) is 2.00. The van der Waals surface area contributed by atoms with Gasteiger partial charge < -0.3 is 15.2 Å². The first-order valence-electron chi connectivity index (χ1n) is 9.30. The Morgan fingerprint density at radius 1 is 0.964 bits per heavy atom. The third-order valence-electron chi connectivity index (χ3n) is 4.79. The molecule has 4 nitrogen and oxygen atoms in total. The number of aliphatic hydroxyl groups excluding tert-OH is 1. The van der Waals surface area contributed by atoms with E-state index in [2.05, 4.69) is 5.32 Å². The van der Waals surface area contributed by atoms with E-state index in [4.69, 9.17) is 4.74 Å². The summed E-state index contributed by atoms with van der Waals surface area (Å²) >= 11 is 0. The zero-order chi connectivity index (χ0) is 19.9. The third kappa shape index (κ3) is 4.99. The lowest BCUT2D eigenvalue weighted by atomic mass is 9.89. The minimum Gasteiger partial charge on any atom is -0.497 e. The van der Waals surface area contributed by atoms with E-state index in [0.717, 1.165) is 16.8 Å². The fourth-order valence-corrected chi connectivity index (χ4v) is 3.12. The van der Waals surface area contributed by atoms with E-state index in [1.54, 1.807) is 31.4 Å². The van der Waals surface area contributed by atoms with Gasteiger partial charge in [0.05, 0.1) is 19.1 Å². The molecule has 3 rings (SSSR count). The molecular weight excluding hydrogens is 350 g/mol. The number of carbonyl (C=O) groups is 1. The molecule has 2 N–H and O–H groups in total. The van der Waals surface area contributed by atoms with Crippen molar-refractivity contribution in [1.82, 2.24) is 0 Å². The van der Waals surface area contributed by atoms with E-state index in [-0.39, 0.29) is 5.91 Å². The molecule has 1 amide bonds. The van der Waals surface area contributed by atoms with Crippen molar-refractivity contribution < 1.29 is 14.6 Å². The van der Waals surface area contributed by atoms with Crippen molar-refractivity contribution >= 4 is 11.6 Å². The largest absolute Gasteiger partial charge is 0.497 e. The molecule has 0 aliphatic carbocycles. The van der Waals surface area contributed by atoms with E-state index >= 15 is 0 Å². The van der Waals surface area contributed by atoms with Crippen LogP contribution in [-0.2, 0) is 11.2 Å². The predicted octanol–water partition coefficient (Wildman–Crippen LogP) is 4.53. The predicted molar refractivity (Wildman–Crippen MR) is 111 cm³/mol. The number of methoxy groups -OCH3 is 1. The van der Waals surface area contributed by atoms with Crippen molar-refractivity contribution in [2.45, 2.75) is 19.4 Å². The first kappa shape index (κ1) is 19.6. The van der Waals surface area contributed by atoms with Crippen LogP contribution in [0.4, 0.5) is 5.69 Å². The third-order valence-corrected chi connectivity index (χ3v) is 4.79. The van der Waals surface area contributed by atoms with Gasteiger partial charge in [-0.25, -0.2) is 0 Å². The van der Waals surface area contributed by atoms with Crippen LogP contribution in [0.3, 0.4) is 0 Å². The second kappa shape index (κ2) is 9.20. The van der Waals surface area contributed by atoms with Gasteiger partial charge >= 0.3 is 0 Å². The molecule has 2 atom stereocenters. The number of rotatable bonds is 7. The van der Waals surface area contributed by atoms with Gasteiger partial charge in [0.2, 0.25) is 5.91 Å². The molecule has 0 spiro atoms. The molecule has 0 heterocycles. The summed E-state index contributed by atoms with van der Waals surface area (Å²) in [6.07, 6.45) is -0.497. The van der Waals surface area contributed by atoms with Gasteiger partial charge in [-0.2, -0.15) is 0 Å². The number of hydrogen-bond acceptors (Lipinski definition) is 3. The van der Waals surface area contributed by atoms with E-state index in [0.29, 0.717) is 17.7 Å². The maximum atomic E-state index is 13.0. The smallest absolute Gasteiger partial charge is 0.230 e. The van der Waals surface area contributed by atoms with Crippen molar-refractivity contribution in [2.24, 2.45) is 5.92 Å². The molecule has 0 bridgehead atoms. The molecule has 144 valence electrons. The topological polar surface area (TPSA) is 58.6 Å². The quantitative estimate of drug-likeness (QED) is 0.638. The molecule has 0 fully saturated rings. The number of amides is 1. The van der Waals surface area contributed by atoms with Crippen molar-refractivity contribution in [2.75, 3.05) is 12.4 Å². The van der Waals surface area contributed by atoms with Crippen LogP contribution in [0.5, 0.6) is 5.75 Å². The molecule has 4 heteroatoms. The number of ether oxygens (including phenoxy) is 1. The Balaban J connectivity index is 1.84. The van der Waals surface area contributed by atoms with Gasteiger partial charge in [-0.1, -0.05) is 60.2 Å². The lowest BCUT2D eigenvalue weighted by molar-refractivity contribution is -0.123. The Labute approximate surface area is 165 Å². The number of nitrogens with one attached hydrogen (secondary N) is 1. The SMILES string of the molecule is COc1ccc(C(O)C(Cc2ccccc2)C(=O)Nc2ccc(C)cc2)cc1. The second-order valence-corrected chi connectivity index (χ2v) is 6.87. The maximum Gasteiger partial charge on any atom is 0.230 e. The lowest BCUT2D eigenvalue weighted by Crippen LogP contribution is -2.30. The summed E-state index contributed by atoms with van der Waals surface area (Å²) in [5.41, 5.74) is 3.52. The van der Waals surface area contributed by atoms with Crippen molar-refractivity contribution in [3.63, 3.8) is 0 Å². The first-order valence-corrected chi connectivity index (χ1v) is 9.30. The second-order valence-electron chi connectivity index (χ2n) is 6.87. The Morgan fingerprint density at radius 3 is 2.21 bits per heavy atom. The fraction of sp³-hybridized carbons (Fsp3) is 0.208. The fourth-order valence-electron chi connectivity index (χ4n) is 3.12. The highest BCUT2D eigenvalue weighted by Crippen LogP contribution is 2.28. The Kier molecular flexibility index (Phi) is 6.45. The van der Waals surface area contributed by atoms with E-state index < -0.39 is 12.0 Å². The van der Waals surface area contributed by atoms with Crippen LogP contribution in [0, 0.1) is 12.8 Å². The lowest BCUT2D eigenvalue weighted by Gasteiger charge is -2.23. The van der Waals surface area contributed by atoms with Gasteiger partial charge in [-0.05, 0) is 48.7 Å². The number of anilines is 1. The van der Waals surface area contributed by atoms with E-state index in [1.807, 2.05) is 61.5 Å². The molecule has 28 heavy (non-hydrogen) atoms. The minimum absolute atomic E-state index is 0.212. The van der Waals surface area contributed by atoms with E-state index in [1.165, 1.54) is 0 Å². The van der Waals surface area contributed by atoms with Crippen molar-refractivity contribution in [1.29, 1.82) is 0 Å². The molecule has 0 radical (unpaired) electrons. The number of carbonyl (C=O) groups excluding carboxylic acids is 1. The molecule has 2 unspecified atom stereocenters. The van der Waals surface area contributed by atoms with Crippen LogP contribution >= 0.6 is 0 Å². The normalized spacial score (nSPS) is 12.8. The molecule has 0 saturated heterocycles. The average Bonchev–Trinajstić information content (AvgIpc) is 2.74. The molecular formula is C24H25NO3. The minimum atomic E-state index is -0.934. The van der Waals surface area contributed by atoms with Crippen LogP contribution < -0.4 is 10.1 Å². The highest BCUT2D eigenvalue weighted by molar-refractivity contribution is 5.93. The summed E-state index contributed by atoms with van der Waals surface area (Å²) in [5.74, 6) is -0.132. The van der Waals surface area contributed by atoms with Crippen LogP contribution in [0.15, 0.2) is 78.9 Å². The monoisotopic (exact) mass is 375 g/mol. The van der Waals surface area contributed by atoms with Gasteiger partial charge in [0.1, 0.15) is 5.75 Å². The molecule has 0 saturated carbocycles. The summed E-state index contributed by atoms with van der Waals surface area (Å²) in [4.78, 5) is 13.0. The molecule has 3 aromatic carbocycles. The molecule has 0 aliphatic heterocycles.